The fraction of sp³-hybridized carbons (Fsp3) is 0.889. The molecule has 2 N–H and O–H groups in total. The van der Waals surface area contributed by atoms with Crippen molar-refractivity contribution in [2.45, 2.75) is 70.1 Å². The highest BCUT2D eigenvalue weighted by Gasteiger charge is 2.66. The van der Waals surface area contributed by atoms with E-state index >= 15 is 0 Å². The normalized spacial score (nSPS) is 40.9. The van der Waals surface area contributed by atoms with Crippen LogP contribution in [0.15, 0.2) is 4.99 Å². The van der Waals surface area contributed by atoms with E-state index in [1.165, 1.54) is 25.7 Å². The Bertz CT molecular complexity index is 522. The van der Waals surface area contributed by atoms with E-state index in [4.69, 9.17) is 4.74 Å². The predicted molar refractivity (Wildman–Crippen MR) is 88.9 cm³/mol. The molecule has 3 saturated carbocycles. The summed E-state index contributed by atoms with van der Waals surface area (Å²) in [5, 5.41) is 16.6. The minimum absolute atomic E-state index is 0.125. The molecule has 4 rings (SSSR count). The van der Waals surface area contributed by atoms with Gasteiger partial charge in [-0.25, -0.2) is 0 Å². The molecule has 3 aliphatic carbocycles. The summed E-state index contributed by atoms with van der Waals surface area (Å²) in [6, 6.07) is 3.21. The maximum absolute atomic E-state index is 9.31. The maximum Gasteiger partial charge on any atom is 0.191 e. The summed E-state index contributed by atoms with van der Waals surface area (Å²) in [7, 11) is 0. The average molecular weight is 316 g/mol. The number of rotatable bonds is 3. The number of nitrogens with zero attached hydrogens (tertiary/aromatic N) is 2. The van der Waals surface area contributed by atoms with Crippen LogP contribution >= 0.6 is 0 Å². The number of guanidine groups is 1. The first-order valence-corrected chi connectivity index (χ1v) is 9.37. The maximum atomic E-state index is 9.31. The zero-order chi connectivity index (χ0) is 15.9. The van der Waals surface area contributed by atoms with E-state index < -0.39 is 0 Å². The van der Waals surface area contributed by atoms with Crippen molar-refractivity contribution in [3.63, 3.8) is 0 Å². The van der Waals surface area contributed by atoms with Gasteiger partial charge in [0.25, 0.3) is 0 Å². The lowest BCUT2D eigenvalue weighted by molar-refractivity contribution is -0.171. The third-order valence-corrected chi connectivity index (χ3v) is 6.65. The number of nitriles is 1. The molecule has 5 nitrogen and oxygen atoms in total. The molecule has 4 fully saturated rings. The standard InChI is InChI=1S/C18H28N4O/c1-2-20-17(21-14-6-3-5-12(14)11-19)22-15-13-7-10-23-16(13)18(15)8-4-9-18/h12-16H,2-10H2,1H3,(H2,20,21,22). The molecule has 23 heavy (non-hydrogen) atoms. The van der Waals surface area contributed by atoms with E-state index in [0.717, 1.165) is 38.4 Å². The van der Waals surface area contributed by atoms with Crippen LogP contribution in [-0.4, -0.2) is 37.3 Å². The smallest absolute Gasteiger partial charge is 0.191 e. The van der Waals surface area contributed by atoms with Gasteiger partial charge in [0.05, 0.1) is 18.1 Å². The van der Waals surface area contributed by atoms with E-state index in [1.807, 2.05) is 0 Å². The Balaban J connectivity index is 1.44. The molecule has 0 bridgehead atoms. The van der Waals surface area contributed by atoms with E-state index in [-0.39, 0.29) is 12.0 Å². The topological polar surface area (TPSA) is 69.4 Å². The van der Waals surface area contributed by atoms with Crippen molar-refractivity contribution in [3.05, 3.63) is 0 Å². The van der Waals surface area contributed by atoms with E-state index in [1.54, 1.807) is 0 Å². The van der Waals surface area contributed by atoms with Crippen molar-refractivity contribution < 1.29 is 4.74 Å². The van der Waals surface area contributed by atoms with Crippen LogP contribution in [0, 0.1) is 28.6 Å². The van der Waals surface area contributed by atoms with Crippen molar-refractivity contribution in [2.75, 3.05) is 13.2 Å². The summed E-state index contributed by atoms with van der Waals surface area (Å²) >= 11 is 0. The van der Waals surface area contributed by atoms with Crippen LogP contribution in [0.5, 0.6) is 0 Å². The molecule has 1 heterocycles. The molecule has 0 aromatic carbocycles. The highest BCUT2D eigenvalue weighted by Crippen LogP contribution is 2.62. The second kappa shape index (κ2) is 5.98. The third-order valence-electron chi connectivity index (χ3n) is 6.65. The lowest BCUT2D eigenvalue weighted by Gasteiger charge is -2.63. The van der Waals surface area contributed by atoms with Crippen LogP contribution in [0.3, 0.4) is 0 Å². The highest BCUT2D eigenvalue weighted by molar-refractivity contribution is 5.81. The van der Waals surface area contributed by atoms with Gasteiger partial charge in [-0.3, -0.25) is 4.99 Å². The van der Waals surface area contributed by atoms with E-state index in [2.05, 4.69) is 28.6 Å². The first-order chi connectivity index (χ1) is 11.3. The second-order valence-corrected chi connectivity index (χ2v) is 7.69. The number of nitrogens with one attached hydrogen (secondary N) is 2. The molecule has 5 unspecified atom stereocenters. The van der Waals surface area contributed by atoms with Crippen molar-refractivity contribution in [1.29, 1.82) is 5.26 Å². The van der Waals surface area contributed by atoms with Crippen molar-refractivity contribution in [1.82, 2.24) is 10.6 Å². The largest absolute Gasteiger partial charge is 0.377 e. The van der Waals surface area contributed by atoms with Gasteiger partial charge in [-0.2, -0.15) is 5.26 Å². The Labute approximate surface area is 138 Å². The summed E-state index contributed by atoms with van der Waals surface area (Å²) in [5.74, 6) is 1.69. The Morgan fingerprint density at radius 3 is 2.83 bits per heavy atom. The van der Waals surface area contributed by atoms with Crippen LogP contribution in [0.25, 0.3) is 0 Å². The number of hydrogen-bond acceptors (Lipinski definition) is 3. The molecular weight excluding hydrogens is 288 g/mol. The van der Waals surface area contributed by atoms with Gasteiger partial charge in [0.2, 0.25) is 0 Å². The Hall–Kier alpha value is -1.28. The van der Waals surface area contributed by atoms with Crippen LogP contribution in [0.2, 0.25) is 0 Å². The van der Waals surface area contributed by atoms with Crippen LogP contribution in [-0.2, 0) is 4.74 Å². The second-order valence-electron chi connectivity index (χ2n) is 7.69. The first kappa shape index (κ1) is 15.3. The van der Waals surface area contributed by atoms with Crippen LogP contribution in [0.1, 0.15) is 51.9 Å². The Morgan fingerprint density at radius 2 is 2.13 bits per heavy atom. The summed E-state index contributed by atoms with van der Waals surface area (Å²) in [6.07, 6.45) is 8.79. The van der Waals surface area contributed by atoms with Gasteiger partial charge in [0.15, 0.2) is 5.96 Å². The molecule has 0 amide bonds. The molecule has 0 aromatic heterocycles. The van der Waals surface area contributed by atoms with Crippen molar-refractivity contribution in [3.8, 4) is 6.07 Å². The van der Waals surface area contributed by atoms with Crippen molar-refractivity contribution >= 4 is 5.96 Å². The molecule has 126 valence electrons. The summed E-state index contributed by atoms with van der Waals surface area (Å²) in [5.41, 5.74) is 0.363. The molecule has 5 atom stereocenters. The monoisotopic (exact) mass is 316 g/mol. The van der Waals surface area contributed by atoms with Gasteiger partial charge in [-0.05, 0) is 45.4 Å². The molecule has 0 radical (unpaired) electrons. The quantitative estimate of drug-likeness (QED) is 0.618. The molecule has 4 aliphatic rings. The van der Waals surface area contributed by atoms with Crippen LogP contribution in [0.4, 0.5) is 0 Å². The molecule has 0 aromatic rings. The fourth-order valence-electron chi connectivity index (χ4n) is 5.36. The van der Waals surface area contributed by atoms with Gasteiger partial charge < -0.3 is 15.4 Å². The van der Waals surface area contributed by atoms with Crippen molar-refractivity contribution in [2.24, 2.45) is 22.2 Å². The highest BCUT2D eigenvalue weighted by atomic mass is 16.5. The summed E-state index contributed by atoms with van der Waals surface area (Å²) < 4.78 is 6.01. The molecule has 1 aliphatic heterocycles. The zero-order valence-electron chi connectivity index (χ0n) is 14.1. The first-order valence-electron chi connectivity index (χ1n) is 9.37. The zero-order valence-corrected chi connectivity index (χ0v) is 14.1. The summed E-state index contributed by atoms with van der Waals surface area (Å²) in [4.78, 5) is 4.66. The minimum Gasteiger partial charge on any atom is -0.377 e. The summed E-state index contributed by atoms with van der Waals surface area (Å²) in [6.45, 7) is 3.76. The third kappa shape index (κ3) is 2.34. The minimum atomic E-state index is 0.125. The number of fused-ring (bicyclic) bond motifs is 2. The molecular formula is C18H28N4O. The van der Waals surface area contributed by atoms with Gasteiger partial charge in [-0.1, -0.05) is 6.42 Å². The van der Waals surface area contributed by atoms with Crippen LogP contribution < -0.4 is 10.6 Å². The van der Waals surface area contributed by atoms with Gasteiger partial charge >= 0.3 is 0 Å². The Morgan fingerprint density at radius 1 is 1.26 bits per heavy atom. The van der Waals surface area contributed by atoms with Gasteiger partial charge in [0.1, 0.15) is 0 Å². The number of aliphatic imine (C=N–C) groups is 1. The van der Waals surface area contributed by atoms with E-state index in [0.29, 0.717) is 23.5 Å². The van der Waals surface area contributed by atoms with Gasteiger partial charge in [-0.15, -0.1) is 0 Å². The van der Waals surface area contributed by atoms with E-state index in [9.17, 15) is 5.26 Å². The average Bonchev–Trinajstić information content (AvgIpc) is 3.11. The Kier molecular flexibility index (Phi) is 3.96. The SMILES string of the molecule is CCN=C(NC1CCCC1C#N)NC1C2CCOC2C12CCC2. The molecule has 5 heteroatoms. The fourth-order valence-corrected chi connectivity index (χ4v) is 5.36. The number of hydrogen-bond donors (Lipinski definition) is 2. The van der Waals surface area contributed by atoms with Gasteiger partial charge in [0, 0.05) is 36.6 Å². The molecule has 1 saturated heterocycles. The lowest BCUT2D eigenvalue weighted by atomic mass is 9.46. The lowest BCUT2D eigenvalue weighted by Crippen LogP contribution is -2.72. The molecule has 1 spiro atoms. The number of ether oxygens (including phenoxy) is 1. The predicted octanol–water partition coefficient (Wildman–Crippen LogP) is 2.19.